The lowest BCUT2D eigenvalue weighted by atomic mass is 9.98. The van der Waals surface area contributed by atoms with E-state index in [1.54, 1.807) is 60.7 Å². The molecule has 0 saturated carbocycles. The molecule has 7 rings (SSSR count). The van der Waals surface area contributed by atoms with E-state index in [2.05, 4.69) is 0 Å². The van der Waals surface area contributed by atoms with Crippen LogP contribution in [0, 0.1) is 0 Å². The van der Waals surface area contributed by atoms with Crippen LogP contribution in [0.1, 0.15) is 0 Å². The minimum Gasteiger partial charge on any atom is -0.462 e. The van der Waals surface area contributed by atoms with Gasteiger partial charge < -0.3 is 85.6 Å². The number of fused-ring (bicyclic) bond motifs is 6. The standard InChI is InChI=1S/C44H66O24P2/c45-69(46)61-31-35-37(39-41(43(65-35)63-33-7-3-1-4-8-33)59-29-25-55-21-17-51-13-11-49-15-19-53-23-27-57-39)67-70(47,48)62-32-36-38(68-69)40-42(44(66-36)64-34-9-5-2-6-10-34)60-30-26-56-22-18-52-14-12-50-16-20-54-24-28-58-40/h1-10,35-44H,11-32H2,(H,45,46)(H,47,48)/t35-,36-,37-,38-,39+,40+,41-,42-,43-,44-/m1/s1. The van der Waals surface area contributed by atoms with Crippen molar-refractivity contribution in [3.05, 3.63) is 60.7 Å². The average Bonchev–Trinajstić information content (AvgIpc) is 3.34. The fourth-order valence-corrected chi connectivity index (χ4v) is 9.59. The van der Waals surface area contributed by atoms with Crippen molar-refractivity contribution in [1.82, 2.24) is 0 Å². The van der Waals surface area contributed by atoms with Gasteiger partial charge in [0.2, 0.25) is 12.6 Å². The molecular weight excluding hydrogens is 974 g/mol. The second-order valence-electron chi connectivity index (χ2n) is 15.9. The SMILES string of the molecule is O=P1(O)OC[C@H]2O[C@@H](Oc3ccccc3)[C@@H]3OCCOCCOCCOCCOCCO[C@H]3[C@@H]2OP(=O)(O)OC[C@H]2O[C@@H](Oc3ccccc3)[C@@H]3OCCOCCOCCOCCOCCO[C@H]3[C@@H]2O1. The largest absolute Gasteiger partial charge is 0.472 e. The van der Waals surface area contributed by atoms with Crippen molar-refractivity contribution in [2.75, 3.05) is 145 Å². The highest BCUT2D eigenvalue weighted by Gasteiger charge is 2.56. The summed E-state index contributed by atoms with van der Waals surface area (Å²) in [5.41, 5.74) is 0. The molecule has 396 valence electrons. The quantitative estimate of drug-likeness (QED) is 0.417. The molecule has 5 aliphatic heterocycles. The molecule has 70 heavy (non-hydrogen) atoms. The van der Waals surface area contributed by atoms with Crippen LogP contribution in [0.2, 0.25) is 0 Å². The van der Waals surface area contributed by atoms with Gasteiger partial charge in [-0.3, -0.25) is 18.1 Å². The minimum atomic E-state index is -5.19. The zero-order valence-electron chi connectivity index (χ0n) is 38.9. The summed E-state index contributed by atoms with van der Waals surface area (Å²) >= 11 is 0. The Balaban J connectivity index is 1.17. The summed E-state index contributed by atoms with van der Waals surface area (Å²) in [6, 6.07) is 17.3. The average molecular weight is 1040 g/mol. The van der Waals surface area contributed by atoms with Crippen molar-refractivity contribution in [3.63, 3.8) is 0 Å². The molecule has 0 bridgehead atoms. The zero-order valence-corrected chi connectivity index (χ0v) is 40.7. The molecule has 26 heteroatoms. The van der Waals surface area contributed by atoms with Crippen LogP contribution in [0.25, 0.3) is 0 Å². The van der Waals surface area contributed by atoms with Crippen LogP contribution in [-0.4, -0.2) is 217 Å². The summed E-state index contributed by atoms with van der Waals surface area (Å²) in [6.45, 7) is 2.23. The van der Waals surface area contributed by atoms with E-state index in [4.69, 9.17) is 93.9 Å². The molecule has 0 amide bonds. The molecule has 2 aromatic rings. The molecular formula is C44H66O24P2. The van der Waals surface area contributed by atoms with Crippen molar-refractivity contribution in [3.8, 4) is 11.5 Å². The van der Waals surface area contributed by atoms with Gasteiger partial charge in [-0.2, -0.15) is 0 Å². The number of phosphoric ester groups is 2. The first-order valence-electron chi connectivity index (χ1n) is 23.4. The van der Waals surface area contributed by atoms with E-state index in [-0.39, 0.29) is 92.5 Å². The smallest absolute Gasteiger partial charge is 0.462 e. The Morgan fingerprint density at radius 1 is 0.371 bits per heavy atom. The highest BCUT2D eigenvalue weighted by Crippen LogP contribution is 2.52. The van der Waals surface area contributed by atoms with E-state index in [1.807, 2.05) is 0 Å². The lowest BCUT2D eigenvalue weighted by molar-refractivity contribution is -0.301. The van der Waals surface area contributed by atoms with Crippen molar-refractivity contribution in [2.45, 2.75) is 61.4 Å². The number of hydrogen-bond donors (Lipinski definition) is 2. The number of hydrogen-bond acceptors (Lipinski definition) is 22. The highest BCUT2D eigenvalue weighted by atomic mass is 31.2. The first kappa shape index (κ1) is 55.5. The number of benzene rings is 2. The van der Waals surface area contributed by atoms with Gasteiger partial charge in [0.25, 0.3) is 0 Å². The Labute approximate surface area is 406 Å². The monoisotopic (exact) mass is 1040 g/mol. The van der Waals surface area contributed by atoms with Crippen molar-refractivity contribution in [1.29, 1.82) is 0 Å². The molecule has 24 nitrogen and oxygen atoms in total. The normalized spacial score (nSPS) is 36.7. The van der Waals surface area contributed by atoms with Gasteiger partial charge in [-0.25, -0.2) is 9.13 Å². The van der Waals surface area contributed by atoms with Gasteiger partial charge in [-0.1, -0.05) is 36.4 Å². The van der Waals surface area contributed by atoms with Crippen LogP contribution in [-0.2, 0) is 93.5 Å². The Morgan fingerprint density at radius 3 is 0.943 bits per heavy atom. The van der Waals surface area contributed by atoms with Crippen LogP contribution < -0.4 is 9.47 Å². The van der Waals surface area contributed by atoms with E-state index in [0.29, 0.717) is 51.1 Å². The Bertz CT molecular complexity index is 1700. The second kappa shape index (κ2) is 30.2. The molecule has 5 saturated heterocycles. The molecule has 0 aliphatic carbocycles. The molecule has 5 heterocycles. The molecule has 5 fully saturated rings. The number of ether oxygens (including phenoxy) is 16. The topological polar surface area (TPSA) is 259 Å². The maximum Gasteiger partial charge on any atom is 0.472 e. The molecule has 0 radical (unpaired) electrons. The highest BCUT2D eigenvalue weighted by molar-refractivity contribution is 7.47. The van der Waals surface area contributed by atoms with Gasteiger partial charge in [0, 0.05) is 0 Å². The van der Waals surface area contributed by atoms with E-state index < -0.39 is 90.3 Å². The Hall–Kier alpha value is -2.30. The molecule has 2 N–H and O–H groups in total. The van der Waals surface area contributed by atoms with Crippen LogP contribution in [0.15, 0.2) is 60.7 Å². The predicted octanol–water partition coefficient (Wildman–Crippen LogP) is 2.31. The first-order valence-corrected chi connectivity index (χ1v) is 26.4. The van der Waals surface area contributed by atoms with Crippen LogP contribution in [0.3, 0.4) is 0 Å². The number of para-hydroxylation sites is 2. The van der Waals surface area contributed by atoms with Gasteiger partial charge in [-0.05, 0) is 24.3 Å². The lowest BCUT2D eigenvalue weighted by Gasteiger charge is -2.47. The summed E-state index contributed by atoms with van der Waals surface area (Å²) in [4.78, 5) is 23.2. The maximum atomic E-state index is 14.3. The molecule has 0 aromatic heterocycles. The zero-order chi connectivity index (χ0) is 48.7. The summed E-state index contributed by atoms with van der Waals surface area (Å²) in [7, 11) is -10.4. The van der Waals surface area contributed by atoms with Crippen molar-refractivity contribution >= 4 is 15.6 Å². The van der Waals surface area contributed by atoms with Crippen molar-refractivity contribution in [2.24, 2.45) is 0 Å². The van der Waals surface area contributed by atoms with Gasteiger partial charge >= 0.3 is 15.6 Å². The summed E-state index contributed by atoms with van der Waals surface area (Å²) in [5, 5.41) is 0. The molecule has 0 spiro atoms. The third-order valence-electron chi connectivity index (χ3n) is 10.9. The molecule has 5 aliphatic rings. The van der Waals surface area contributed by atoms with Crippen molar-refractivity contribution < 1.29 is 113 Å². The Morgan fingerprint density at radius 2 is 0.643 bits per heavy atom. The number of phosphoric acid groups is 2. The summed E-state index contributed by atoms with van der Waals surface area (Å²) in [5.74, 6) is 0.724. The molecule has 2 unspecified atom stereocenters. The van der Waals surface area contributed by atoms with E-state index in [1.165, 1.54) is 0 Å². The molecule has 2 aromatic carbocycles. The minimum absolute atomic E-state index is 0.0217. The second-order valence-corrected chi connectivity index (χ2v) is 18.7. The van der Waals surface area contributed by atoms with E-state index >= 15 is 0 Å². The van der Waals surface area contributed by atoms with Gasteiger partial charge in [0.15, 0.2) is 0 Å². The summed E-state index contributed by atoms with van der Waals surface area (Å²) in [6.07, 6.45) is -13.7. The fraction of sp³-hybridized carbons (Fsp3) is 0.727. The summed E-state index contributed by atoms with van der Waals surface area (Å²) < 4.78 is 148. The van der Waals surface area contributed by atoms with Gasteiger partial charge in [-0.15, -0.1) is 0 Å². The van der Waals surface area contributed by atoms with Crippen LogP contribution in [0.4, 0.5) is 0 Å². The third kappa shape index (κ3) is 18.6. The van der Waals surface area contributed by atoms with E-state index in [9.17, 15) is 18.9 Å². The predicted molar refractivity (Wildman–Crippen MR) is 238 cm³/mol. The van der Waals surface area contributed by atoms with Crippen LogP contribution >= 0.6 is 15.6 Å². The fourth-order valence-electron chi connectivity index (χ4n) is 7.67. The van der Waals surface area contributed by atoms with Gasteiger partial charge in [0.1, 0.15) is 60.3 Å². The van der Waals surface area contributed by atoms with E-state index in [0.717, 1.165) is 0 Å². The molecule has 12 atom stereocenters. The third-order valence-corrected chi connectivity index (χ3v) is 12.8. The van der Waals surface area contributed by atoms with Crippen LogP contribution in [0.5, 0.6) is 11.5 Å². The van der Waals surface area contributed by atoms with Gasteiger partial charge in [0.05, 0.1) is 145 Å². The maximum absolute atomic E-state index is 14.3. The lowest BCUT2D eigenvalue weighted by Crippen LogP contribution is -2.63. The Kier molecular flexibility index (Phi) is 23.9. The first-order chi connectivity index (χ1) is 34.2. The number of rotatable bonds is 4.